The van der Waals surface area contributed by atoms with Gasteiger partial charge in [-0.2, -0.15) is 0 Å². The van der Waals surface area contributed by atoms with E-state index in [9.17, 15) is 0 Å². The Balaban J connectivity index is 1.77. The van der Waals surface area contributed by atoms with Crippen LogP contribution in [0.15, 0.2) is 0 Å². The lowest BCUT2D eigenvalue weighted by molar-refractivity contribution is -0.0902. The molecular formula is C16H30N4. The van der Waals surface area contributed by atoms with Crippen LogP contribution in [0.5, 0.6) is 0 Å². The molecule has 4 aliphatic rings. The molecule has 4 heterocycles. The Labute approximate surface area is 123 Å². The third-order valence-corrected chi connectivity index (χ3v) is 5.99. The summed E-state index contributed by atoms with van der Waals surface area (Å²) in [5.41, 5.74) is 0.814. The van der Waals surface area contributed by atoms with Crippen LogP contribution in [0.4, 0.5) is 0 Å². The molecule has 4 nitrogen and oxygen atoms in total. The molecule has 0 bridgehead atoms. The smallest absolute Gasteiger partial charge is 0.0947 e. The topological polar surface area (TPSA) is 13.0 Å². The van der Waals surface area contributed by atoms with Crippen LogP contribution in [0, 0.1) is 10.8 Å². The van der Waals surface area contributed by atoms with E-state index in [-0.39, 0.29) is 0 Å². The summed E-state index contributed by atoms with van der Waals surface area (Å²) in [6.07, 6.45) is 2.43. The van der Waals surface area contributed by atoms with Crippen LogP contribution in [0.25, 0.3) is 0 Å². The van der Waals surface area contributed by atoms with E-state index in [1.807, 2.05) is 0 Å². The molecule has 4 saturated heterocycles. The maximum atomic E-state index is 2.77. The first-order chi connectivity index (χ1) is 9.20. The van der Waals surface area contributed by atoms with Gasteiger partial charge in [0.25, 0.3) is 0 Å². The van der Waals surface area contributed by atoms with Crippen molar-refractivity contribution in [2.45, 2.75) is 66.2 Å². The van der Waals surface area contributed by atoms with Crippen molar-refractivity contribution < 1.29 is 0 Å². The number of nitrogens with zero attached hydrogens (tertiary/aromatic N) is 4. The average Bonchev–Trinajstić information content (AvgIpc) is 2.72. The van der Waals surface area contributed by atoms with Crippen LogP contribution < -0.4 is 0 Å². The molecule has 20 heavy (non-hydrogen) atoms. The van der Waals surface area contributed by atoms with Crippen molar-refractivity contribution in [3.05, 3.63) is 0 Å². The quantitative estimate of drug-likeness (QED) is 0.668. The molecule has 0 atom stereocenters. The zero-order valence-corrected chi connectivity index (χ0v) is 13.9. The molecule has 0 saturated carbocycles. The monoisotopic (exact) mass is 278 g/mol. The minimum atomic E-state index is 0.407. The fraction of sp³-hybridized carbons (Fsp3) is 1.00. The maximum Gasteiger partial charge on any atom is 0.0947 e. The second kappa shape index (κ2) is 3.78. The van der Waals surface area contributed by atoms with Gasteiger partial charge in [-0.05, 0) is 24.7 Å². The number of hydrogen-bond donors (Lipinski definition) is 0. The average molecular weight is 278 g/mol. The van der Waals surface area contributed by atoms with Gasteiger partial charge in [-0.25, -0.2) is 0 Å². The molecule has 0 N–H and O–H groups in total. The molecular weight excluding hydrogens is 248 g/mol. The van der Waals surface area contributed by atoms with Gasteiger partial charge in [0.1, 0.15) is 0 Å². The van der Waals surface area contributed by atoms with E-state index < -0.39 is 0 Å². The lowest BCUT2D eigenvalue weighted by atomic mass is 9.89. The first kappa shape index (κ1) is 13.5. The van der Waals surface area contributed by atoms with Crippen molar-refractivity contribution in [1.29, 1.82) is 0 Å². The minimum Gasteiger partial charge on any atom is -0.269 e. The van der Waals surface area contributed by atoms with E-state index in [0.717, 1.165) is 0 Å². The molecule has 0 aromatic heterocycles. The van der Waals surface area contributed by atoms with E-state index in [4.69, 9.17) is 0 Å². The minimum absolute atomic E-state index is 0.407. The Morgan fingerprint density at radius 2 is 0.850 bits per heavy atom. The van der Waals surface area contributed by atoms with Gasteiger partial charge in [-0.1, -0.05) is 27.7 Å². The number of rotatable bonds is 0. The maximum absolute atomic E-state index is 2.77. The summed E-state index contributed by atoms with van der Waals surface area (Å²) in [7, 11) is 0. The molecule has 4 rings (SSSR count). The van der Waals surface area contributed by atoms with Crippen molar-refractivity contribution in [3.63, 3.8) is 0 Å². The second-order valence-corrected chi connectivity index (χ2v) is 9.11. The van der Waals surface area contributed by atoms with Gasteiger partial charge in [0, 0.05) is 26.2 Å². The van der Waals surface area contributed by atoms with Gasteiger partial charge >= 0.3 is 0 Å². The lowest BCUT2D eigenvalue weighted by Crippen LogP contribution is -2.62. The molecule has 0 aliphatic carbocycles. The van der Waals surface area contributed by atoms with E-state index >= 15 is 0 Å². The van der Waals surface area contributed by atoms with Crippen LogP contribution in [0.3, 0.4) is 0 Å². The van der Waals surface area contributed by atoms with Gasteiger partial charge in [-0.15, -0.1) is 0 Å². The summed E-state index contributed by atoms with van der Waals surface area (Å²) < 4.78 is 0. The summed E-state index contributed by atoms with van der Waals surface area (Å²) in [5.74, 6) is 0. The van der Waals surface area contributed by atoms with E-state index in [2.05, 4.69) is 61.1 Å². The predicted octanol–water partition coefficient (Wildman–Crippen LogP) is 1.65. The standard InChI is InChI=1S/C16H30N4/c1-11-17-7-15(3,4)9-19-12(2)20-10-16(5,6)8-18(11)14(20)13(17)19/h11-14H,7-10H2,1-6H3. The Morgan fingerprint density at radius 3 is 1.10 bits per heavy atom. The van der Waals surface area contributed by atoms with E-state index in [1.54, 1.807) is 0 Å². The lowest BCUT2D eigenvalue weighted by Gasteiger charge is -2.50. The predicted molar refractivity (Wildman–Crippen MR) is 80.9 cm³/mol. The van der Waals surface area contributed by atoms with Crippen LogP contribution in [-0.4, -0.2) is 70.4 Å². The molecule has 0 aromatic rings. The largest absolute Gasteiger partial charge is 0.269 e. The molecule has 4 fully saturated rings. The molecule has 0 spiro atoms. The highest BCUT2D eigenvalue weighted by molar-refractivity contribution is 5.11. The van der Waals surface area contributed by atoms with Gasteiger partial charge in [0.05, 0.1) is 24.7 Å². The van der Waals surface area contributed by atoms with Gasteiger partial charge in [0.2, 0.25) is 0 Å². The summed E-state index contributed by atoms with van der Waals surface area (Å²) in [5, 5.41) is 0. The molecule has 0 radical (unpaired) electrons. The fourth-order valence-electron chi connectivity index (χ4n) is 5.31. The van der Waals surface area contributed by atoms with Crippen molar-refractivity contribution in [3.8, 4) is 0 Å². The van der Waals surface area contributed by atoms with Crippen molar-refractivity contribution in [1.82, 2.24) is 19.6 Å². The Kier molecular flexibility index (Phi) is 2.55. The van der Waals surface area contributed by atoms with E-state index in [0.29, 0.717) is 35.5 Å². The van der Waals surface area contributed by atoms with Crippen molar-refractivity contribution >= 4 is 0 Å². The third kappa shape index (κ3) is 1.62. The summed E-state index contributed by atoms with van der Waals surface area (Å²) >= 11 is 0. The van der Waals surface area contributed by atoms with Crippen LogP contribution >= 0.6 is 0 Å². The molecule has 4 aliphatic heterocycles. The van der Waals surface area contributed by atoms with Gasteiger partial charge < -0.3 is 0 Å². The summed E-state index contributed by atoms with van der Waals surface area (Å²) in [6, 6.07) is 0. The third-order valence-electron chi connectivity index (χ3n) is 5.99. The highest BCUT2D eigenvalue weighted by Crippen LogP contribution is 2.48. The SMILES string of the molecule is CC1N2CC(C)(C)CN3C(C)N4CC(C)(C)CN1C4C23. The highest BCUT2D eigenvalue weighted by atomic mass is 15.7. The fourth-order valence-corrected chi connectivity index (χ4v) is 5.31. The summed E-state index contributed by atoms with van der Waals surface area (Å²) in [4.78, 5) is 11.1. The van der Waals surface area contributed by atoms with Crippen LogP contribution in [0.1, 0.15) is 41.5 Å². The van der Waals surface area contributed by atoms with Gasteiger partial charge in [-0.3, -0.25) is 19.6 Å². The Bertz CT molecular complexity index is 360. The molecule has 0 amide bonds. The molecule has 0 aromatic carbocycles. The van der Waals surface area contributed by atoms with Crippen LogP contribution in [-0.2, 0) is 0 Å². The van der Waals surface area contributed by atoms with E-state index in [1.165, 1.54) is 26.2 Å². The normalized spacial score (nSPS) is 47.7. The van der Waals surface area contributed by atoms with Crippen LogP contribution in [0.2, 0.25) is 0 Å². The second-order valence-electron chi connectivity index (χ2n) is 9.11. The zero-order valence-electron chi connectivity index (χ0n) is 13.9. The first-order valence-corrected chi connectivity index (χ1v) is 8.23. The zero-order chi connectivity index (χ0) is 14.4. The van der Waals surface area contributed by atoms with Crippen molar-refractivity contribution in [2.75, 3.05) is 26.2 Å². The Hall–Kier alpha value is -0.160. The van der Waals surface area contributed by atoms with Gasteiger partial charge in [0.15, 0.2) is 0 Å². The first-order valence-electron chi connectivity index (χ1n) is 8.23. The summed E-state index contributed by atoms with van der Waals surface area (Å²) in [6.45, 7) is 19.5. The highest BCUT2D eigenvalue weighted by Gasteiger charge is 2.63. The number of hydrogen-bond acceptors (Lipinski definition) is 4. The van der Waals surface area contributed by atoms with Crippen molar-refractivity contribution in [2.24, 2.45) is 10.8 Å². The molecule has 0 unspecified atom stereocenters. The molecule has 114 valence electrons. The Morgan fingerprint density at radius 1 is 0.600 bits per heavy atom. The molecule has 4 heteroatoms.